The second-order valence-corrected chi connectivity index (χ2v) is 5.01. The fraction of sp³-hybridized carbons (Fsp3) is 0.0714. The number of benzene rings is 2. The second kappa shape index (κ2) is 6.09. The van der Waals surface area contributed by atoms with E-state index in [1.54, 1.807) is 6.07 Å². The number of halogens is 3. The molecule has 0 atom stereocenters. The van der Waals surface area contributed by atoms with Gasteiger partial charge in [0.25, 0.3) is 5.91 Å². The summed E-state index contributed by atoms with van der Waals surface area (Å²) in [6, 6.07) is 6.33. The molecule has 0 fully saturated rings. The summed E-state index contributed by atoms with van der Waals surface area (Å²) in [5.74, 6) is -1.96. The minimum absolute atomic E-state index is 0.0405. The first-order valence-electron chi connectivity index (χ1n) is 5.81. The minimum Gasteiger partial charge on any atom is -0.496 e. The van der Waals surface area contributed by atoms with Gasteiger partial charge in [0.1, 0.15) is 17.4 Å². The van der Waals surface area contributed by atoms with Crippen LogP contribution in [0.25, 0.3) is 0 Å². The number of methoxy groups -OCH3 is 1. The number of ether oxygens (including phenoxy) is 1. The molecule has 2 rings (SSSR count). The Balaban J connectivity index is 2.34. The highest BCUT2D eigenvalue weighted by molar-refractivity contribution is 9.10. The third-order valence-corrected chi connectivity index (χ3v) is 3.33. The molecule has 0 bridgehead atoms. The Morgan fingerprint density at radius 2 is 1.95 bits per heavy atom. The maximum Gasteiger partial charge on any atom is 0.259 e. The monoisotopic (exact) mass is 356 g/mol. The number of rotatable bonds is 3. The fourth-order valence-corrected chi connectivity index (χ4v) is 2.05. The molecular weight excluding hydrogens is 346 g/mol. The lowest BCUT2D eigenvalue weighted by Crippen LogP contribution is -2.14. The predicted molar refractivity (Wildman–Crippen MR) is 79.4 cm³/mol. The summed E-state index contributed by atoms with van der Waals surface area (Å²) in [7, 11) is 1.40. The van der Waals surface area contributed by atoms with Crippen molar-refractivity contribution in [3.8, 4) is 5.75 Å². The number of nitrogens with two attached hydrogens (primary N) is 1. The van der Waals surface area contributed by atoms with Crippen LogP contribution in [0.4, 0.5) is 20.2 Å². The average molecular weight is 357 g/mol. The van der Waals surface area contributed by atoms with E-state index in [2.05, 4.69) is 21.2 Å². The van der Waals surface area contributed by atoms with Crippen LogP contribution >= 0.6 is 15.9 Å². The summed E-state index contributed by atoms with van der Waals surface area (Å²) in [4.78, 5) is 12.2. The zero-order valence-corrected chi connectivity index (χ0v) is 12.5. The third kappa shape index (κ3) is 3.30. The van der Waals surface area contributed by atoms with Crippen molar-refractivity contribution in [1.82, 2.24) is 0 Å². The zero-order valence-electron chi connectivity index (χ0n) is 10.9. The van der Waals surface area contributed by atoms with Crippen molar-refractivity contribution in [3.63, 3.8) is 0 Å². The SMILES string of the molecule is COc1ccc(N)cc1C(=O)Nc1cc(Br)c(F)cc1F. The van der Waals surface area contributed by atoms with E-state index >= 15 is 0 Å². The molecule has 0 heterocycles. The molecule has 21 heavy (non-hydrogen) atoms. The summed E-state index contributed by atoms with van der Waals surface area (Å²) in [6.07, 6.45) is 0. The van der Waals surface area contributed by atoms with Crippen LogP contribution in [0.1, 0.15) is 10.4 Å². The number of nitrogen functional groups attached to an aromatic ring is 1. The molecule has 0 aromatic heterocycles. The van der Waals surface area contributed by atoms with Gasteiger partial charge in [0, 0.05) is 11.8 Å². The van der Waals surface area contributed by atoms with Crippen molar-refractivity contribution in [2.24, 2.45) is 0 Å². The lowest BCUT2D eigenvalue weighted by molar-refractivity contribution is 0.102. The molecule has 0 saturated heterocycles. The summed E-state index contributed by atoms with van der Waals surface area (Å²) in [5, 5.41) is 2.35. The number of carbonyl (C=O) groups excluding carboxylic acids is 1. The van der Waals surface area contributed by atoms with E-state index in [9.17, 15) is 13.6 Å². The van der Waals surface area contributed by atoms with Gasteiger partial charge in [-0.3, -0.25) is 4.79 Å². The van der Waals surface area contributed by atoms with E-state index in [1.165, 1.54) is 19.2 Å². The van der Waals surface area contributed by atoms with E-state index in [0.29, 0.717) is 17.5 Å². The standard InChI is InChI=1S/C14H11BrF2N2O2/c1-21-13-3-2-7(18)4-8(13)14(20)19-12-5-9(15)10(16)6-11(12)17/h2-6H,18H2,1H3,(H,19,20). The van der Waals surface area contributed by atoms with Gasteiger partial charge in [-0.15, -0.1) is 0 Å². The normalized spacial score (nSPS) is 10.3. The second-order valence-electron chi connectivity index (χ2n) is 4.16. The summed E-state index contributed by atoms with van der Waals surface area (Å²) in [5.41, 5.74) is 5.98. The van der Waals surface area contributed by atoms with Crippen molar-refractivity contribution < 1.29 is 18.3 Å². The predicted octanol–water partition coefficient (Wildman–Crippen LogP) is 3.57. The van der Waals surface area contributed by atoms with Crippen molar-refractivity contribution >= 4 is 33.2 Å². The minimum atomic E-state index is -0.882. The molecule has 1 amide bonds. The lowest BCUT2D eigenvalue weighted by Gasteiger charge is -2.11. The lowest BCUT2D eigenvalue weighted by atomic mass is 10.1. The van der Waals surface area contributed by atoms with Crippen LogP contribution in [0.5, 0.6) is 5.75 Å². The zero-order chi connectivity index (χ0) is 15.6. The molecule has 0 saturated carbocycles. The quantitative estimate of drug-likeness (QED) is 0.652. The molecule has 0 unspecified atom stereocenters. The molecule has 4 nitrogen and oxygen atoms in total. The van der Waals surface area contributed by atoms with E-state index in [0.717, 1.165) is 6.07 Å². The highest BCUT2D eigenvalue weighted by Crippen LogP contribution is 2.26. The molecular formula is C14H11BrF2N2O2. The molecule has 3 N–H and O–H groups in total. The van der Waals surface area contributed by atoms with Crippen LogP contribution in [-0.2, 0) is 0 Å². The molecule has 0 radical (unpaired) electrons. The third-order valence-electron chi connectivity index (χ3n) is 2.73. The summed E-state index contributed by atoms with van der Waals surface area (Å²) < 4.78 is 31.9. The molecule has 2 aromatic carbocycles. The Labute approximate surface area is 128 Å². The first kappa shape index (κ1) is 15.2. The van der Waals surface area contributed by atoms with Gasteiger partial charge in [-0.2, -0.15) is 0 Å². The van der Waals surface area contributed by atoms with E-state index in [4.69, 9.17) is 10.5 Å². The van der Waals surface area contributed by atoms with Crippen molar-refractivity contribution in [2.45, 2.75) is 0 Å². The summed E-state index contributed by atoms with van der Waals surface area (Å²) >= 11 is 2.93. The number of hydrogen-bond acceptors (Lipinski definition) is 3. The van der Waals surface area contributed by atoms with Gasteiger partial charge >= 0.3 is 0 Å². The van der Waals surface area contributed by atoms with Gasteiger partial charge < -0.3 is 15.8 Å². The largest absolute Gasteiger partial charge is 0.496 e. The van der Waals surface area contributed by atoms with E-state index in [-0.39, 0.29) is 15.7 Å². The van der Waals surface area contributed by atoms with Gasteiger partial charge in [0.2, 0.25) is 0 Å². The van der Waals surface area contributed by atoms with Gasteiger partial charge in [0.05, 0.1) is 22.8 Å². The maximum atomic E-state index is 13.6. The van der Waals surface area contributed by atoms with Gasteiger partial charge in [-0.1, -0.05) is 0 Å². The van der Waals surface area contributed by atoms with E-state index < -0.39 is 17.5 Å². The molecule has 2 aromatic rings. The molecule has 0 spiro atoms. The van der Waals surface area contributed by atoms with Gasteiger partial charge in [0.15, 0.2) is 0 Å². The Morgan fingerprint density at radius 3 is 2.62 bits per heavy atom. The topological polar surface area (TPSA) is 64.3 Å². The van der Waals surface area contributed by atoms with Crippen LogP contribution in [0.15, 0.2) is 34.8 Å². The van der Waals surface area contributed by atoms with Crippen LogP contribution in [0, 0.1) is 11.6 Å². The number of amides is 1. The molecule has 7 heteroatoms. The Hall–Kier alpha value is -2.15. The molecule has 110 valence electrons. The molecule has 0 aliphatic heterocycles. The van der Waals surface area contributed by atoms with Crippen molar-refractivity contribution in [2.75, 3.05) is 18.2 Å². The van der Waals surface area contributed by atoms with Gasteiger partial charge in [-0.25, -0.2) is 8.78 Å². The number of nitrogens with one attached hydrogen (secondary N) is 1. The molecule has 0 aliphatic rings. The average Bonchev–Trinajstić information content (AvgIpc) is 2.44. The van der Waals surface area contributed by atoms with Crippen LogP contribution < -0.4 is 15.8 Å². The van der Waals surface area contributed by atoms with Crippen molar-refractivity contribution in [1.29, 1.82) is 0 Å². The first-order valence-corrected chi connectivity index (χ1v) is 6.61. The van der Waals surface area contributed by atoms with Crippen LogP contribution in [0.2, 0.25) is 0 Å². The fourth-order valence-electron chi connectivity index (χ4n) is 1.71. The first-order chi connectivity index (χ1) is 9.92. The van der Waals surface area contributed by atoms with Gasteiger partial charge in [-0.05, 0) is 40.2 Å². The van der Waals surface area contributed by atoms with E-state index in [1.807, 2.05) is 0 Å². The number of hydrogen-bond donors (Lipinski definition) is 2. The maximum absolute atomic E-state index is 13.6. The summed E-state index contributed by atoms with van der Waals surface area (Å²) in [6.45, 7) is 0. The Bertz CT molecular complexity index is 708. The highest BCUT2D eigenvalue weighted by Gasteiger charge is 2.16. The Kier molecular flexibility index (Phi) is 4.42. The highest BCUT2D eigenvalue weighted by atomic mass is 79.9. The Morgan fingerprint density at radius 1 is 1.24 bits per heavy atom. The number of carbonyl (C=O) groups is 1. The van der Waals surface area contributed by atoms with Crippen LogP contribution in [0.3, 0.4) is 0 Å². The smallest absolute Gasteiger partial charge is 0.259 e. The van der Waals surface area contributed by atoms with Crippen LogP contribution in [-0.4, -0.2) is 13.0 Å². The molecule has 0 aliphatic carbocycles. The number of anilines is 2. The van der Waals surface area contributed by atoms with Crippen molar-refractivity contribution in [3.05, 3.63) is 52.0 Å².